The summed E-state index contributed by atoms with van der Waals surface area (Å²) in [7, 11) is 0. The summed E-state index contributed by atoms with van der Waals surface area (Å²) < 4.78 is 5.11. The molecule has 22 heavy (non-hydrogen) atoms. The van der Waals surface area contributed by atoms with Gasteiger partial charge in [0, 0.05) is 6.42 Å². The lowest BCUT2D eigenvalue weighted by Gasteiger charge is -2.33. The lowest BCUT2D eigenvalue weighted by atomic mass is 9.92. The van der Waals surface area contributed by atoms with E-state index < -0.39 is 0 Å². The molecule has 1 saturated heterocycles. The number of hydrogen-bond donors (Lipinski definition) is 2. The minimum Gasteiger partial charge on any atom is -0.440 e. The van der Waals surface area contributed by atoms with Crippen molar-refractivity contribution in [2.45, 2.75) is 24.9 Å². The first-order valence-electron chi connectivity index (χ1n) is 7.04. The molecule has 3 rings (SSSR count). The predicted molar refractivity (Wildman–Crippen MR) is 81.5 cm³/mol. The Balaban J connectivity index is 1.78. The van der Waals surface area contributed by atoms with Crippen molar-refractivity contribution in [1.29, 1.82) is 0 Å². The topological polar surface area (TPSA) is 71.3 Å². The molecule has 1 aromatic carbocycles. The molecule has 2 heterocycles. The van der Waals surface area contributed by atoms with E-state index in [0.29, 0.717) is 12.8 Å². The highest BCUT2D eigenvalue weighted by molar-refractivity contribution is 6.29. The van der Waals surface area contributed by atoms with Gasteiger partial charge in [0.2, 0.25) is 5.91 Å². The lowest BCUT2D eigenvalue weighted by Crippen LogP contribution is -2.50. The van der Waals surface area contributed by atoms with Crippen LogP contribution in [0.15, 0.2) is 46.9 Å². The molecule has 6 heteroatoms. The largest absolute Gasteiger partial charge is 0.440 e. The number of benzene rings is 1. The van der Waals surface area contributed by atoms with Crippen LogP contribution in [0.4, 0.5) is 0 Å². The number of nitrogens with one attached hydrogen (secondary N) is 2. The number of furan rings is 1. The van der Waals surface area contributed by atoms with Crippen LogP contribution in [0, 0.1) is 0 Å². The van der Waals surface area contributed by atoms with Gasteiger partial charge >= 0.3 is 0 Å². The normalized spacial score (nSPS) is 21.2. The van der Waals surface area contributed by atoms with Gasteiger partial charge in [0.25, 0.3) is 5.91 Å². The summed E-state index contributed by atoms with van der Waals surface area (Å²) in [6.45, 7) is 0. The van der Waals surface area contributed by atoms with E-state index in [1.165, 1.54) is 12.1 Å². The smallest absolute Gasteiger partial charge is 0.287 e. The van der Waals surface area contributed by atoms with Crippen molar-refractivity contribution in [3.8, 4) is 0 Å². The first-order chi connectivity index (χ1) is 10.6. The van der Waals surface area contributed by atoms with Gasteiger partial charge in [0.1, 0.15) is 0 Å². The van der Waals surface area contributed by atoms with E-state index in [-0.39, 0.29) is 34.9 Å². The summed E-state index contributed by atoms with van der Waals surface area (Å²) in [6, 6.07) is 12.2. The molecule has 2 amide bonds. The van der Waals surface area contributed by atoms with Gasteiger partial charge < -0.3 is 15.1 Å². The second-order valence-electron chi connectivity index (χ2n) is 5.18. The highest BCUT2D eigenvalue weighted by Gasteiger charge is 2.31. The van der Waals surface area contributed by atoms with Crippen molar-refractivity contribution in [1.82, 2.24) is 10.6 Å². The van der Waals surface area contributed by atoms with Crippen molar-refractivity contribution in [2.75, 3.05) is 0 Å². The van der Waals surface area contributed by atoms with Crippen molar-refractivity contribution in [3.63, 3.8) is 0 Å². The van der Waals surface area contributed by atoms with Gasteiger partial charge in [-0.3, -0.25) is 9.59 Å². The molecule has 1 aliphatic rings. The maximum atomic E-state index is 12.2. The fourth-order valence-electron chi connectivity index (χ4n) is 2.61. The molecule has 1 fully saturated rings. The standard InChI is InChI=1S/C16H15ClN2O3/c17-13-8-7-12(22-13)16(21)18-11-6-9-14(20)19-15(11)10-4-2-1-3-5-10/h1-5,7-8,11,15H,6,9H2,(H,18,21)(H,19,20)/t11-,15+/m1/s1. The Morgan fingerprint density at radius 3 is 2.68 bits per heavy atom. The highest BCUT2D eigenvalue weighted by Crippen LogP contribution is 2.24. The number of halogens is 1. The molecule has 2 aromatic rings. The number of amides is 2. The van der Waals surface area contributed by atoms with Crippen LogP contribution in [0.3, 0.4) is 0 Å². The molecule has 114 valence electrons. The van der Waals surface area contributed by atoms with Gasteiger partial charge in [-0.05, 0) is 35.7 Å². The lowest BCUT2D eigenvalue weighted by molar-refractivity contribution is -0.123. The third-order valence-corrected chi connectivity index (χ3v) is 3.88. The average Bonchev–Trinajstić information content (AvgIpc) is 2.96. The van der Waals surface area contributed by atoms with Crippen molar-refractivity contribution in [3.05, 3.63) is 59.0 Å². The quantitative estimate of drug-likeness (QED) is 0.914. The van der Waals surface area contributed by atoms with Crippen LogP contribution in [-0.2, 0) is 4.79 Å². The molecule has 1 aliphatic heterocycles. The Morgan fingerprint density at radius 1 is 1.23 bits per heavy atom. The SMILES string of the molecule is O=C1CC[C@@H](NC(=O)c2ccc(Cl)o2)[C@H](c2ccccc2)N1. The van der Waals surface area contributed by atoms with Gasteiger partial charge in [-0.2, -0.15) is 0 Å². The van der Waals surface area contributed by atoms with E-state index in [1.807, 2.05) is 30.3 Å². The van der Waals surface area contributed by atoms with E-state index in [4.69, 9.17) is 16.0 Å². The molecule has 0 aliphatic carbocycles. The molecule has 0 unspecified atom stereocenters. The summed E-state index contributed by atoms with van der Waals surface area (Å²) in [6.07, 6.45) is 0.957. The van der Waals surface area contributed by atoms with Gasteiger partial charge in [-0.25, -0.2) is 0 Å². The second-order valence-corrected chi connectivity index (χ2v) is 5.55. The molecule has 5 nitrogen and oxygen atoms in total. The first kappa shape index (κ1) is 14.7. The molecular weight excluding hydrogens is 304 g/mol. The third-order valence-electron chi connectivity index (χ3n) is 3.67. The molecular formula is C16H15ClN2O3. The summed E-state index contributed by atoms with van der Waals surface area (Å²) in [5.41, 5.74) is 0.957. The van der Waals surface area contributed by atoms with E-state index in [2.05, 4.69) is 10.6 Å². The Bertz CT molecular complexity index is 684. The van der Waals surface area contributed by atoms with Crippen LogP contribution in [-0.4, -0.2) is 17.9 Å². The number of rotatable bonds is 3. The third kappa shape index (κ3) is 3.14. The van der Waals surface area contributed by atoms with Crippen LogP contribution >= 0.6 is 11.6 Å². The fraction of sp³-hybridized carbons (Fsp3) is 0.250. The monoisotopic (exact) mass is 318 g/mol. The first-order valence-corrected chi connectivity index (χ1v) is 7.42. The van der Waals surface area contributed by atoms with Crippen LogP contribution < -0.4 is 10.6 Å². The maximum Gasteiger partial charge on any atom is 0.287 e. The van der Waals surface area contributed by atoms with Gasteiger partial charge in [0.15, 0.2) is 11.0 Å². The maximum absolute atomic E-state index is 12.2. The summed E-state index contributed by atoms with van der Waals surface area (Å²) in [5, 5.41) is 6.01. The van der Waals surface area contributed by atoms with Crippen LogP contribution in [0.25, 0.3) is 0 Å². The second kappa shape index (κ2) is 6.23. The molecule has 0 saturated carbocycles. The van der Waals surface area contributed by atoms with Crippen LogP contribution in [0.5, 0.6) is 0 Å². The summed E-state index contributed by atoms with van der Waals surface area (Å²) >= 11 is 5.69. The van der Waals surface area contributed by atoms with Gasteiger partial charge in [-0.15, -0.1) is 0 Å². The fourth-order valence-corrected chi connectivity index (χ4v) is 2.75. The zero-order chi connectivity index (χ0) is 15.5. The molecule has 2 N–H and O–H groups in total. The van der Waals surface area contributed by atoms with Crippen LogP contribution in [0.1, 0.15) is 35.0 Å². The molecule has 0 bridgehead atoms. The van der Waals surface area contributed by atoms with Crippen molar-refractivity contribution < 1.29 is 14.0 Å². The van der Waals surface area contributed by atoms with E-state index in [0.717, 1.165) is 5.56 Å². The predicted octanol–water partition coefficient (Wildman–Crippen LogP) is 2.68. The van der Waals surface area contributed by atoms with Gasteiger partial charge in [-0.1, -0.05) is 30.3 Å². The summed E-state index contributed by atoms with van der Waals surface area (Å²) in [5.74, 6) is -0.192. The summed E-state index contributed by atoms with van der Waals surface area (Å²) in [4.78, 5) is 23.9. The zero-order valence-electron chi connectivity index (χ0n) is 11.7. The Hall–Kier alpha value is -2.27. The van der Waals surface area contributed by atoms with Crippen LogP contribution in [0.2, 0.25) is 5.22 Å². The minimum absolute atomic E-state index is 0.0135. The van der Waals surface area contributed by atoms with Crippen molar-refractivity contribution >= 4 is 23.4 Å². The number of carbonyl (C=O) groups excluding carboxylic acids is 2. The number of carbonyl (C=O) groups is 2. The Morgan fingerprint density at radius 2 is 2.00 bits per heavy atom. The van der Waals surface area contributed by atoms with Gasteiger partial charge in [0.05, 0.1) is 12.1 Å². The van der Waals surface area contributed by atoms with E-state index >= 15 is 0 Å². The van der Waals surface area contributed by atoms with Crippen molar-refractivity contribution in [2.24, 2.45) is 0 Å². The van der Waals surface area contributed by atoms with E-state index in [1.54, 1.807) is 0 Å². The molecule has 0 spiro atoms. The highest BCUT2D eigenvalue weighted by atomic mass is 35.5. The Kier molecular flexibility index (Phi) is 4.15. The number of hydrogen-bond acceptors (Lipinski definition) is 3. The molecule has 1 aromatic heterocycles. The minimum atomic E-state index is -0.339. The average molecular weight is 319 g/mol. The molecule has 0 radical (unpaired) electrons. The number of piperidine rings is 1. The molecule has 2 atom stereocenters. The zero-order valence-corrected chi connectivity index (χ0v) is 12.5. The Labute approximate surface area is 132 Å². The van der Waals surface area contributed by atoms with E-state index in [9.17, 15) is 9.59 Å².